The molecule has 0 saturated carbocycles. The van der Waals surface area contributed by atoms with Crippen LogP contribution in [0.3, 0.4) is 0 Å². The maximum absolute atomic E-state index is 5.98. The van der Waals surface area contributed by atoms with Crippen molar-refractivity contribution < 1.29 is 0 Å². The van der Waals surface area contributed by atoms with Crippen LogP contribution in [0.1, 0.15) is 38.0 Å². The summed E-state index contributed by atoms with van der Waals surface area (Å²) in [5.41, 5.74) is 0. The molecule has 0 spiro atoms. The van der Waals surface area contributed by atoms with Gasteiger partial charge < -0.3 is 5.32 Å². The third kappa shape index (κ3) is 2.93. The third-order valence-corrected chi connectivity index (χ3v) is 4.07. The zero-order valence-corrected chi connectivity index (χ0v) is 12.5. The summed E-state index contributed by atoms with van der Waals surface area (Å²) in [7, 11) is 0. The molecule has 0 aromatic carbocycles. The average Bonchev–Trinajstić information content (AvgIpc) is 2.68. The summed E-state index contributed by atoms with van der Waals surface area (Å²) in [5.74, 6) is 0.870. The Morgan fingerprint density at radius 1 is 1.39 bits per heavy atom. The maximum atomic E-state index is 5.98. The van der Waals surface area contributed by atoms with E-state index in [1.54, 1.807) is 11.3 Å². The quantitative estimate of drug-likeness (QED) is 0.812. The molecule has 2 rings (SSSR count). The first-order valence-corrected chi connectivity index (χ1v) is 7.53. The minimum absolute atomic E-state index is 0.318. The van der Waals surface area contributed by atoms with Crippen molar-refractivity contribution in [3.63, 3.8) is 0 Å². The van der Waals surface area contributed by atoms with Crippen LogP contribution in [0, 0.1) is 6.92 Å². The van der Waals surface area contributed by atoms with Crippen molar-refractivity contribution in [2.75, 3.05) is 5.32 Å². The molecule has 2 aromatic rings. The lowest BCUT2D eigenvalue weighted by Crippen LogP contribution is -2.19. The third-order valence-electron chi connectivity index (χ3n) is 2.96. The first kappa shape index (κ1) is 13.6. The van der Waals surface area contributed by atoms with Crippen molar-refractivity contribution in [1.29, 1.82) is 0 Å². The zero-order chi connectivity index (χ0) is 13.1. The molecule has 0 radical (unpaired) electrons. The Morgan fingerprint density at radius 3 is 2.83 bits per heavy atom. The molecule has 1 atom stereocenters. The average molecular weight is 284 g/mol. The van der Waals surface area contributed by atoms with E-state index in [4.69, 9.17) is 11.6 Å². The van der Waals surface area contributed by atoms with Crippen molar-refractivity contribution in [2.45, 2.75) is 46.1 Å². The number of halogens is 1. The van der Waals surface area contributed by atoms with Gasteiger partial charge in [0.15, 0.2) is 0 Å². The highest BCUT2D eigenvalue weighted by Gasteiger charge is 2.12. The highest BCUT2D eigenvalue weighted by Crippen LogP contribution is 2.30. The Kier molecular flexibility index (Phi) is 4.40. The molecular formula is C13H18ClN3S. The molecule has 0 fully saturated rings. The molecule has 1 N–H and O–H groups in total. The summed E-state index contributed by atoms with van der Waals surface area (Å²) in [6.45, 7) is 6.46. The van der Waals surface area contributed by atoms with Gasteiger partial charge >= 0.3 is 0 Å². The van der Waals surface area contributed by atoms with Crippen LogP contribution in [0.2, 0.25) is 5.28 Å². The van der Waals surface area contributed by atoms with Crippen molar-refractivity contribution in [2.24, 2.45) is 0 Å². The highest BCUT2D eigenvalue weighted by molar-refractivity contribution is 7.18. The monoisotopic (exact) mass is 283 g/mol. The van der Waals surface area contributed by atoms with Gasteiger partial charge in [-0.15, -0.1) is 11.3 Å². The fraction of sp³-hybridized carbons (Fsp3) is 0.538. The summed E-state index contributed by atoms with van der Waals surface area (Å²) < 4.78 is 0. The van der Waals surface area contributed by atoms with Gasteiger partial charge in [-0.1, -0.05) is 20.3 Å². The predicted molar refractivity (Wildman–Crippen MR) is 79.8 cm³/mol. The van der Waals surface area contributed by atoms with Crippen LogP contribution in [-0.4, -0.2) is 16.0 Å². The largest absolute Gasteiger partial charge is 0.367 e. The number of aromatic nitrogens is 2. The van der Waals surface area contributed by atoms with Crippen molar-refractivity contribution in [3.8, 4) is 0 Å². The normalized spacial score (nSPS) is 12.9. The molecule has 0 bridgehead atoms. The first-order valence-electron chi connectivity index (χ1n) is 6.34. The van der Waals surface area contributed by atoms with E-state index in [0.717, 1.165) is 35.3 Å². The number of hydrogen-bond acceptors (Lipinski definition) is 4. The fourth-order valence-electron chi connectivity index (χ4n) is 2.05. The predicted octanol–water partition coefficient (Wildman–Crippen LogP) is 4.64. The van der Waals surface area contributed by atoms with Crippen molar-refractivity contribution in [3.05, 3.63) is 16.2 Å². The number of hydrogen-bond donors (Lipinski definition) is 1. The smallest absolute Gasteiger partial charge is 0.225 e. The van der Waals surface area contributed by atoms with E-state index in [-0.39, 0.29) is 0 Å². The molecule has 1 unspecified atom stereocenters. The second-order valence-electron chi connectivity index (χ2n) is 4.46. The second kappa shape index (κ2) is 5.85. The Bertz CT molecular complexity index is 538. The van der Waals surface area contributed by atoms with Crippen molar-refractivity contribution >= 4 is 39.0 Å². The van der Waals surface area contributed by atoms with Gasteiger partial charge in [0.1, 0.15) is 10.6 Å². The van der Waals surface area contributed by atoms with Gasteiger partial charge in [0.25, 0.3) is 0 Å². The fourth-order valence-corrected chi connectivity index (χ4v) is 3.14. The van der Waals surface area contributed by atoms with Crippen LogP contribution in [0.25, 0.3) is 10.2 Å². The Balaban J connectivity index is 2.36. The summed E-state index contributed by atoms with van der Waals surface area (Å²) in [6, 6.07) is 2.57. The standard InChI is InChI=1S/C13H18ClN3S/c1-4-6-9(5-2)15-11-10-7-8(3)18-12(10)17-13(14)16-11/h7,9H,4-6H2,1-3H3,(H,15,16,17). The minimum Gasteiger partial charge on any atom is -0.367 e. The lowest BCUT2D eigenvalue weighted by Gasteiger charge is -2.17. The van der Waals surface area contributed by atoms with Gasteiger partial charge in [-0.25, -0.2) is 9.97 Å². The molecule has 2 aromatic heterocycles. The van der Waals surface area contributed by atoms with Gasteiger partial charge in [0, 0.05) is 10.9 Å². The first-order chi connectivity index (χ1) is 8.63. The lowest BCUT2D eigenvalue weighted by molar-refractivity contribution is 0.621. The van der Waals surface area contributed by atoms with Crippen LogP contribution < -0.4 is 5.32 Å². The van der Waals surface area contributed by atoms with Crippen molar-refractivity contribution in [1.82, 2.24) is 9.97 Å². The summed E-state index contributed by atoms with van der Waals surface area (Å²) >= 11 is 7.63. The van der Waals surface area contributed by atoms with Crippen LogP contribution >= 0.6 is 22.9 Å². The maximum Gasteiger partial charge on any atom is 0.225 e. The molecule has 3 nitrogen and oxygen atoms in total. The van der Waals surface area contributed by atoms with Gasteiger partial charge in [-0.2, -0.15) is 0 Å². The number of nitrogens with one attached hydrogen (secondary N) is 1. The molecule has 98 valence electrons. The topological polar surface area (TPSA) is 37.8 Å². The van der Waals surface area contributed by atoms with E-state index in [1.165, 1.54) is 4.88 Å². The molecule has 0 saturated heterocycles. The van der Waals surface area contributed by atoms with E-state index >= 15 is 0 Å². The summed E-state index contributed by atoms with van der Waals surface area (Å²) in [6.07, 6.45) is 3.39. The van der Waals surface area contributed by atoms with E-state index in [1.807, 2.05) is 0 Å². The molecule has 0 amide bonds. The van der Waals surface area contributed by atoms with Crippen LogP contribution in [0.4, 0.5) is 5.82 Å². The number of fused-ring (bicyclic) bond motifs is 1. The zero-order valence-electron chi connectivity index (χ0n) is 11.0. The lowest BCUT2D eigenvalue weighted by atomic mass is 10.1. The molecular weight excluding hydrogens is 266 g/mol. The molecule has 0 aliphatic heterocycles. The molecule has 0 aliphatic carbocycles. The van der Waals surface area contributed by atoms with E-state index in [2.05, 4.69) is 42.1 Å². The Morgan fingerprint density at radius 2 is 2.17 bits per heavy atom. The molecule has 18 heavy (non-hydrogen) atoms. The number of aryl methyl sites for hydroxylation is 1. The van der Waals surface area contributed by atoms with Gasteiger partial charge in [0.2, 0.25) is 5.28 Å². The highest BCUT2D eigenvalue weighted by atomic mass is 35.5. The van der Waals surface area contributed by atoms with Crippen LogP contribution in [0.15, 0.2) is 6.07 Å². The van der Waals surface area contributed by atoms with Crippen LogP contribution in [-0.2, 0) is 0 Å². The Hall–Kier alpha value is -0.870. The van der Waals surface area contributed by atoms with Gasteiger partial charge in [0.05, 0.1) is 5.39 Å². The Labute approximate surface area is 117 Å². The molecule has 5 heteroatoms. The number of nitrogens with zero attached hydrogens (tertiary/aromatic N) is 2. The van der Waals surface area contributed by atoms with Crippen LogP contribution in [0.5, 0.6) is 0 Å². The molecule has 0 aliphatic rings. The number of thiophene rings is 1. The van der Waals surface area contributed by atoms with Gasteiger partial charge in [-0.05, 0) is 37.4 Å². The van der Waals surface area contributed by atoms with E-state index < -0.39 is 0 Å². The summed E-state index contributed by atoms with van der Waals surface area (Å²) in [5, 5.41) is 4.90. The number of rotatable bonds is 5. The minimum atomic E-state index is 0.318. The number of anilines is 1. The SMILES string of the molecule is CCCC(CC)Nc1nc(Cl)nc2sc(C)cc12. The summed E-state index contributed by atoms with van der Waals surface area (Å²) in [4.78, 5) is 10.8. The van der Waals surface area contributed by atoms with E-state index in [9.17, 15) is 0 Å². The second-order valence-corrected chi connectivity index (χ2v) is 6.03. The molecule has 2 heterocycles. The van der Waals surface area contributed by atoms with E-state index in [0.29, 0.717) is 11.3 Å². The van der Waals surface area contributed by atoms with Gasteiger partial charge in [-0.3, -0.25) is 0 Å².